The van der Waals surface area contributed by atoms with E-state index in [-0.39, 0.29) is 40.6 Å². The van der Waals surface area contributed by atoms with Crippen LogP contribution in [0.3, 0.4) is 0 Å². The maximum absolute atomic E-state index is 14.3. The third kappa shape index (κ3) is 7.50. The number of thiazole rings is 1. The van der Waals surface area contributed by atoms with Crippen LogP contribution in [0.15, 0.2) is 30.6 Å². The lowest BCUT2D eigenvalue weighted by molar-refractivity contribution is -0.138. The number of piperazine rings is 1. The monoisotopic (exact) mass is 635 g/mol. The van der Waals surface area contributed by atoms with E-state index in [2.05, 4.69) is 37.0 Å². The predicted octanol–water partition coefficient (Wildman–Crippen LogP) is 4.98. The number of hydrogen-bond donors (Lipinski definition) is 2. The van der Waals surface area contributed by atoms with E-state index in [9.17, 15) is 27.2 Å². The number of amides is 1. The van der Waals surface area contributed by atoms with Crippen molar-refractivity contribution >= 4 is 34.2 Å². The predicted molar refractivity (Wildman–Crippen MR) is 157 cm³/mol. The summed E-state index contributed by atoms with van der Waals surface area (Å²) in [5.41, 5.74) is -0.916. The first-order chi connectivity index (χ1) is 20.9. The third-order valence-corrected chi connectivity index (χ3v) is 8.93. The average molecular weight is 636 g/mol. The van der Waals surface area contributed by atoms with Gasteiger partial charge < -0.3 is 10.0 Å². The highest BCUT2D eigenvalue weighted by molar-refractivity contribution is 7.16. The number of hydrogen-bond acceptors (Lipinski definition) is 9. The molecule has 1 aromatic carbocycles. The number of alkyl halides is 3. The first-order valence-corrected chi connectivity index (χ1v) is 15.1. The summed E-state index contributed by atoms with van der Waals surface area (Å²) in [5, 5.41) is 11.8. The van der Waals surface area contributed by atoms with Crippen molar-refractivity contribution in [2.45, 2.75) is 57.9 Å². The zero-order valence-corrected chi connectivity index (χ0v) is 25.1. The number of aromatic nitrogens is 3. The second kappa shape index (κ2) is 13.1. The van der Waals surface area contributed by atoms with Crippen LogP contribution in [-0.2, 0) is 17.5 Å². The number of carboxylic acids is 1. The number of carboxylic acid groups (broad SMARTS) is 1. The molecule has 0 radical (unpaired) electrons. The Morgan fingerprint density at radius 3 is 2.52 bits per heavy atom. The Kier molecular flexibility index (Phi) is 9.46. The average Bonchev–Trinajstić information content (AvgIpc) is 3.56. The summed E-state index contributed by atoms with van der Waals surface area (Å²) in [7, 11) is 0. The Hall–Kier alpha value is -3.69. The number of aliphatic carboxylic acids is 1. The van der Waals surface area contributed by atoms with E-state index in [0.29, 0.717) is 49.5 Å². The number of carbonyl (C=O) groups excluding carboxylic acids is 1. The smallest absolute Gasteiger partial charge is 0.416 e. The number of rotatable bonds is 9. The van der Waals surface area contributed by atoms with Crippen LogP contribution >= 0.6 is 11.3 Å². The maximum atomic E-state index is 14.3. The lowest BCUT2D eigenvalue weighted by Crippen LogP contribution is -2.52. The second-order valence-electron chi connectivity index (χ2n) is 11.2. The van der Waals surface area contributed by atoms with Crippen molar-refractivity contribution in [1.82, 2.24) is 24.8 Å². The number of halogens is 4. The van der Waals surface area contributed by atoms with Gasteiger partial charge in [-0.1, -0.05) is 11.3 Å². The lowest BCUT2D eigenvalue weighted by Gasteiger charge is -2.40. The molecule has 2 aromatic heterocycles. The molecule has 0 aliphatic carbocycles. The Morgan fingerprint density at radius 2 is 1.89 bits per heavy atom. The maximum Gasteiger partial charge on any atom is 0.416 e. The normalized spacial score (nSPS) is 19.8. The second-order valence-corrected chi connectivity index (χ2v) is 12.3. The van der Waals surface area contributed by atoms with Crippen molar-refractivity contribution in [1.29, 1.82) is 0 Å². The Bertz CT molecular complexity index is 1500. The fourth-order valence-electron chi connectivity index (χ4n) is 5.62. The molecule has 0 unspecified atom stereocenters. The topological polar surface area (TPSA) is 115 Å². The van der Waals surface area contributed by atoms with Gasteiger partial charge in [-0.2, -0.15) is 13.2 Å². The zero-order chi connectivity index (χ0) is 31.6. The molecule has 15 heteroatoms. The molecule has 1 amide bonds. The van der Waals surface area contributed by atoms with Gasteiger partial charge in [-0.3, -0.25) is 24.7 Å². The van der Waals surface area contributed by atoms with Crippen LogP contribution in [0, 0.1) is 5.82 Å². The highest BCUT2D eigenvalue weighted by atomic mass is 32.1. The van der Waals surface area contributed by atoms with Crippen molar-refractivity contribution in [3.8, 4) is 11.3 Å². The van der Waals surface area contributed by atoms with Crippen LogP contribution in [0.2, 0.25) is 0 Å². The van der Waals surface area contributed by atoms with E-state index in [1.807, 2.05) is 11.8 Å². The number of benzene rings is 1. The van der Waals surface area contributed by atoms with Crippen molar-refractivity contribution < 1.29 is 32.3 Å². The first-order valence-electron chi connectivity index (χ1n) is 14.3. The fourth-order valence-corrected chi connectivity index (χ4v) is 6.62. The van der Waals surface area contributed by atoms with E-state index >= 15 is 0 Å². The molecule has 236 valence electrons. The Labute approximate surface area is 255 Å². The van der Waals surface area contributed by atoms with Gasteiger partial charge in [0.25, 0.3) is 5.91 Å². The SMILES string of the molecule is C[C@@H]1CCCN1Cc1sc(NC(=O)c2cnc(N3CCN(CCC(=O)O)C[C@H]3C)cn2)nc1-c1cc(F)cc(C(F)(F)F)c1. The van der Waals surface area contributed by atoms with Crippen LogP contribution in [-0.4, -0.2) is 86.5 Å². The minimum absolute atomic E-state index is 0.0164. The van der Waals surface area contributed by atoms with E-state index in [0.717, 1.165) is 42.9 Å². The van der Waals surface area contributed by atoms with E-state index in [1.165, 1.54) is 12.4 Å². The molecule has 2 aliphatic heterocycles. The first kappa shape index (κ1) is 31.7. The van der Waals surface area contributed by atoms with E-state index in [4.69, 9.17) is 5.11 Å². The molecule has 0 spiro atoms. The molecule has 0 bridgehead atoms. The minimum atomic E-state index is -4.73. The quantitative estimate of drug-likeness (QED) is 0.314. The zero-order valence-electron chi connectivity index (χ0n) is 24.3. The van der Waals surface area contributed by atoms with Gasteiger partial charge in [0, 0.05) is 55.2 Å². The molecule has 5 rings (SSSR count). The Morgan fingerprint density at radius 1 is 1.09 bits per heavy atom. The summed E-state index contributed by atoms with van der Waals surface area (Å²) in [5.74, 6) is -1.87. The van der Waals surface area contributed by atoms with Gasteiger partial charge in [0.1, 0.15) is 17.3 Å². The number of likely N-dealkylation sites (tertiary alicyclic amines) is 1. The summed E-state index contributed by atoms with van der Waals surface area (Å²) >= 11 is 1.13. The molecule has 4 heterocycles. The number of nitrogens with one attached hydrogen (secondary N) is 1. The minimum Gasteiger partial charge on any atom is -0.481 e. The van der Waals surface area contributed by atoms with Crippen molar-refractivity contribution in [2.75, 3.05) is 42.9 Å². The molecule has 44 heavy (non-hydrogen) atoms. The lowest BCUT2D eigenvalue weighted by atomic mass is 10.1. The molecule has 0 saturated carbocycles. The van der Waals surface area contributed by atoms with Crippen molar-refractivity contribution in [2.24, 2.45) is 0 Å². The molecule has 2 saturated heterocycles. The van der Waals surface area contributed by atoms with Gasteiger partial charge in [-0.05, 0) is 51.4 Å². The fraction of sp³-hybridized carbons (Fsp3) is 0.483. The van der Waals surface area contributed by atoms with Gasteiger partial charge in [0.05, 0.1) is 30.1 Å². The van der Waals surface area contributed by atoms with Gasteiger partial charge in [-0.15, -0.1) is 0 Å². The van der Waals surface area contributed by atoms with Gasteiger partial charge in [0.15, 0.2) is 5.13 Å². The summed E-state index contributed by atoms with van der Waals surface area (Å²) in [4.78, 5) is 44.0. The molecule has 2 aliphatic rings. The van der Waals surface area contributed by atoms with Crippen molar-refractivity contribution in [3.63, 3.8) is 0 Å². The summed E-state index contributed by atoms with van der Waals surface area (Å²) in [6.07, 6.45) is 0.167. The van der Waals surface area contributed by atoms with Crippen molar-refractivity contribution in [3.05, 3.63) is 52.5 Å². The number of anilines is 2. The Balaban J connectivity index is 1.32. The van der Waals surface area contributed by atoms with Crippen LogP contribution in [0.5, 0.6) is 0 Å². The molecule has 3 aromatic rings. The standard InChI is InChI=1S/C29H33F4N7O3S/c1-17-4-3-6-39(17)16-23-26(19-10-20(29(31,32)33)12-21(30)11-19)36-28(44-23)37-27(43)22-13-35-24(14-34-22)40-9-8-38(15-18(40)2)7-5-25(41)42/h10-14,17-18H,3-9,15-16H2,1-2H3,(H,41,42)(H,36,37,43)/t17-,18-/m1/s1. The molecule has 2 N–H and O–H groups in total. The third-order valence-electron chi connectivity index (χ3n) is 7.97. The van der Waals surface area contributed by atoms with Gasteiger partial charge in [0.2, 0.25) is 0 Å². The molecule has 10 nitrogen and oxygen atoms in total. The van der Waals surface area contributed by atoms with Crippen LogP contribution in [0.1, 0.15) is 54.0 Å². The number of nitrogens with zero attached hydrogens (tertiary/aromatic N) is 6. The largest absolute Gasteiger partial charge is 0.481 e. The molecule has 2 fully saturated rings. The molecular weight excluding hydrogens is 602 g/mol. The van der Waals surface area contributed by atoms with E-state index in [1.54, 1.807) is 0 Å². The number of carbonyl (C=O) groups is 2. The summed E-state index contributed by atoms with van der Waals surface area (Å²) < 4.78 is 54.7. The molecule has 2 atom stereocenters. The van der Waals surface area contributed by atoms with E-state index < -0.39 is 29.4 Å². The summed E-state index contributed by atoms with van der Waals surface area (Å²) in [6.45, 7) is 7.72. The van der Waals surface area contributed by atoms with Crippen LogP contribution in [0.4, 0.5) is 28.5 Å². The highest BCUT2D eigenvalue weighted by Crippen LogP contribution is 2.38. The van der Waals surface area contributed by atoms with Gasteiger partial charge >= 0.3 is 12.1 Å². The van der Waals surface area contributed by atoms with Crippen LogP contribution in [0.25, 0.3) is 11.3 Å². The summed E-state index contributed by atoms with van der Waals surface area (Å²) in [6, 6.07) is 2.66. The molecular formula is C29H33F4N7O3S. The van der Waals surface area contributed by atoms with Gasteiger partial charge in [-0.25, -0.2) is 19.3 Å². The van der Waals surface area contributed by atoms with Crippen LogP contribution < -0.4 is 10.2 Å². The highest BCUT2D eigenvalue weighted by Gasteiger charge is 2.33.